The number of hydrogen-bond acceptors (Lipinski definition) is 6. The van der Waals surface area contributed by atoms with E-state index in [1.165, 1.54) is 11.8 Å². The molecule has 0 atom stereocenters. The molecule has 0 aliphatic carbocycles. The highest BCUT2D eigenvalue weighted by Gasteiger charge is 2.20. The first-order valence-electron chi connectivity index (χ1n) is 7.37. The van der Waals surface area contributed by atoms with Crippen LogP contribution in [0.4, 0.5) is 0 Å². The Balaban J connectivity index is 1.90. The van der Waals surface area contributed by atoms with Gasteiger partial charge in [-0.05, 0) is 13.5 Å². The fourth-order valence-corrected chi connectivity index (χ4v) is 3.18. The van der Waals surface area contributed by atoms with Gasteiger partial charge in [-0.15, -0.1) is 10.2 Å². The standard InChI is InChI=1S/C13H24N6OS/c1-3-4-19-11(9-14)15-16-13(19)21-10-12(20)18-7-5-17(2)6-8-18/h3-10,14H2,1-2H3. The Labute approximate surface area is 129 Å². The van der Waals surface area contributed by atoms with Gasteiger partial charge >= 0.3 is 0 Å². The lowest BCUT2D eigenvalue weighted by Crippen LogP contribution is -2.47. The van der Waals surface area contributed by atoms with Crippen LogP contribution >= 0.6 is 11.8 Å². The first kappa shape index (κ1) is 16.3. The Bertz CT molecular complexity index is 469. The molecule has 1 saturated heterocycles. The van der Waals surface area contributed by atoms with Gasteiger partial charge in [-0.25, -0.2) is 0 Å². The molecule has 1 aromatic rings. The third kappa shape index (κ3) is 4.18. The van der Waals surface area contributed by atoms with E-state index in [-0.39, 0.29) is 5.91 Å². The van der Waals surface area contributed by atoms with E-state index in [4.69, 9.17) is 5.73 Å². The van der Waals surface area contributed by atoms with Crippen LogP contribution in [0.2, 0.25) is 0 Å². The molecule has 1 aromatic heterocycles. The van der Waals surface area contributed by atoms with Crippen molar-refractivity contribution in [1.82, 2.24) is 24.6 Å². The van der Waals surface area contributed by atoms with Crippen LogP contribution < -0.4 is 5.73 Å². The third-order valence-corrected chi connectivity index (χ3v) is 4.56. The molecule has 1 aliphatic heterocycles. The molecule has 2 rings (SSSR count). The number of piperazine rings is 1. The van der Waals surface area contributed by atoms with Crippen molar-refractivity contribution in [2.75, 3.05) is 39.0 Å². The van der Waals surface area contributed by atoms with Crippen molar-refractivity contribution < 1.29 is 4.79 Å². The highest BCUT2D eigenvalue weighted by molar-refractivity contribution is 7.99. The minimum atomic E-state index is 0.174. The summed E-state index contributed by atoms with van der Waals surface area (Å²) in [7, 11) is 2.08. The van der Waals surface area contributed by atoms with Gasteiger partial charge in [0.05, 0.1) is 12.3 Å². The molecule has 0 spiro atoms. The van der Waals surface area contributed by atoms with E-state index in [2.05, 4.69) is 29.1 Å². The average Bonchev–Trinajstić information content (AvgIpc) is 2.88. The summed E-state index contributed by atoms with van der Waals surface area (Å²) >= 11 is 1.45. The van der Waals surface area contributed by atoms with E-state index < -0.39 is 0 Å². The van der Waals surface area contributed by atoms with Crippen molar-refractivity contribution >= 4 is 17.7 Å². The number of thioether (sulfide) groups is 1. The normalized spacial score (nSPS) is 16.4. The third-order valence-electron chi connectivity index (χ3n) is 3.60. The summed E-state index contributed by atoms with van der Waals surface area (Å²) < 4.78 is 2.02. The molecule has 0 saturated carbocycles. The zero-order valence-electron chi connectivity index (χ0n) is 12.8. The van der Waals surface area contributed by atoms with Gasteiger partial charge in [-0.1, -0.05) is 18.7 Å². The summed E-state index contributed by atoms with van der Waals surface area (Å²) in [6.45, 7) is 6.82. The van der Waals surface area contributed by atoms with Gasteiger partial charge in [-0.2, -0.15) is 0 Å². The second-order valence-electron chi connectivity index (χ2n) is 5.23. The summed E-state index contributed by atoms with van der Waals surface area (Å²) in [6.07, 6.45) is 0.991. The number of likely N-dealkylation sites (N-methyl/N-ethyl adjacent to an activating group) is 1. The van der Waals surface area contributed by atoms with Crippen molar-refractivity contribution in [2.45, 2.75) is 31.6 Å². The lowest BCUT2D eigenvalue weighted by Gasteiger charge is -2.32. The van der Waals surface area contributed by atoms with E-state index in [1.807, 2.05) is 9.47 Å². The molecule has 2 heterocycles. The fourth-order valence-electron chi connectivity index (χ4n) is 2.30. The van der Waals surface area contributed by atoms with Crippen LogP contribution in [0.1, 0.15) is 19.2 Å². The van der Waals surface area contributed by atoms with Crippen LogP contribution in [0.15, 0.2) is 5.16 Å². The lowest BCUT2D eigenvalue weighted by atomic mass is 10.3. The summed E-state index contributed by atoms with van der Waals surface area (Å²) in [5, 5.41) is 9.03. The van der Waals surface area contributed by atoms with Crippen molar-refractivity contribution in [2.24, 2.45) is 5.73 Å². The van der Waals surface area contributed by atoms with Gasteiger partial charge in [0.1, 0.15) is 5.82 Å². The minimum Gasteiger partial charge on any atom is -0.339 e. The molecule has 0 aromatic carbocycles. The zero-order chi connectivity index (χ0) is 15.2. The second kappa shape index (κ2) is 7.77. The van der Waals surface area contributed by atoms with Crippen LogP contribution in [0.25, 0.3) is 0 Å². The summed E-state index contributed by atoms with van der Waals surface area (Å²) in [6, 6.07) is 0. The van der Waals surface area contributed by atoms with Crippen molar-refractivity contribution in [3.05, 3.63) is 5.82 Å². The quantitative estimate of drug-likeness (QED) is 0.746. The van der Waals surface area contributed by atoms with Crippen LogP contribution in [-0.4, -0.2) is 69.5 Å². The molecule has 7 nitrogen and oxygen atoms in total. The average molecular weight is 312 g/mol. The number of nitrogens with two attached hydrogens (primary N) is 1. The maximum Gasteiger partial charge on any atom is 0.233 e. The number of nitrogens with zero attached hydrogens (tertiary/aromatic N) is 5. The molecule has 0 unspecified atom stereocenters. The Kier molecular flexibility index (Phi) is 6.01. The number of aromatic nitrogens is 3. The predicted octanol–water partition coefficient (Wildman–Crippen LogP) is 0.0129. The molecule has 1 aliphatic rings. The van der Waals surface area contributed by atoms with Gasteiger partial charge < -0.3 is 20.1 Å². The van der Waals surface area contributed by atoms with Crippen LogP contribution in [0.3, 0.4) is 0 Å². The molecule has 118 valence electrons. The maximum atomic E-state index is 12.2. The SMILES string of the molecule is CCCn1c(CN)nnc1SCC(=O)N1CCN(C)CC1. The Hall–Kier alpha value is -1.12. The Morgan fingerprint density at radius 3 is 2.62 bits per heavy atom. The lowest BCUT2D eigenvalue weighted by molar-refractivity contribution is -0.129. The molecule has 8 heteroatoms. The molecule has 0 bridgehead atoms. The highest BCUT2D eigenvalue weighted by atomic mass is 32.2. The van der Waals surface area contributed by atoms with E-state index in [0.717, 1.165) is 50.1 Å². The van der Waals surface area contributed by atoms with Crippen LogP contribution in [0, 0.1) is 0 Å². The Morgan fingerprint density at radius 1 is 1.29 bits per heavy atom. The van der Waals surface area contributed by atoms with Gasteiger partial charge in [-0.3, -0.25) is 4.79 Å². The highest BCUT2D eigenvalue weighted by Crippen LogP contribution is 2.18. The summed E-state index contributed by atoms with van der Waals surface area (Å²) in [5.41, 5.74) is 5.67. The van der Waals surface area contributed by atoms with Crippen molar-refractivity contribution in [3.8, 4) is 0 Å². The molecule has 1 fully saturated rings. The topological polar surface area (TPSA) is 80.3 Å². The first-order chi connectivity index (χ1) is 10.2. The van der Waals surface area contributed by atoms with Crippen LogP contribution in [-0.2, 0) is 17.9 Å². The largest absolute Gasteiger partial charge is 0.339 e. The molecule has 0 radical (unpaired) electrons. The van der Waals surface area contributed by atoms with E-state index in [0.29, 0.717) is 12.3 Å². The maximum absolute atomic E-state index is 12.2. The zero-order valence-corrected chi connectivity index (χ0v) is 13.6. The fraction of sp³-hybridized carbons (Fsp3) is 0.769. The summed E-state index contributed by atoms with van der Waals surface area (Å²) in [5.74, 6) is 1.37. The number of rotatable bonds is 6. The summed E-state index contributed by atoms with van der Waals surface area (Å²) in [4.78, 5) is 16.4. The van der Waals surface area contributed by atoms with Crippen molar-refractivity contribution in [3.63, 3.8) is 0 Å². The van der Waals surface area contributed by atoms with E-state index in [9.17, 15) is 4.79 Å². The van der Waals surface area contributed by atoms with Crippen LogP contribution in [0.5, 0.6) is 0 Å². The number of amides is 1. The van der Waals surface area contributed by atoms with E-state index in [1.54, 1.807) is 0 Å². The molecule has 1 amide bonds. The molecular weight excluding hydrogens is 288 g/mol. The van der Waals surface area contributed by atoms with Gasteiger partial charge in [0.2, 0.25) is 5.91 Å². The molecular formula is C13H24N6OS. The number of carbonyl (C=O) groups is 1. The Morgan fingerprint density at radius 2 is 2.00 bits per heavy atom. The number of carbonyl (C=O) groups excluding carboxylic acids is 1. The van der Waals surface area contributed by atoms with Gasteiger partial charge in [0.15, 0.2) is 5.16 Å². The molecule has 21 heavy (non-hydrogen) atoms. The van der Waals surface area contributed by atoms with E-state index >= 15 is 0 Å². The van der Waals surface area contributed by atoms with Gasteiger partial charge in [0.25, 0.3) is 0 Å². The minimum absolute atomic E-state index is 0.174. The number of hydrogen-bond donors (Lipinski definition) is 1. The van der Waals surface area contributed by atoms with Gasteiger partial charge in [0, 0.05) is 32.7 Å². The van der Waals surface area contributed by atoms with Crippen molar-refractivity contribution in [1.29, 1.82) is 0 Å². The second-order valence-corrected chi connectivity index (χ2v) is 6.17. The first-order valence-corrected chi connectivity index (χ1v) is 8.35. The molecule has 2 N–H and O–H groups in total. The smallest absolute Gasteiger partial charge is 0.233 e. The monoisotopic (exact) mass is 312 g/mol. The predicted molar refractivity (Wildman–Crippen MR) is 83.0 cm³/mol.